The van der Waals surface area contributed by atoms with Crippen LogP contribution in [-0.4, -0.2) is 33.7 Å². The van der Waals surface area contributed by atoms with Crippen LogP contribution in [-0.2, 0) is 14.8 Å². The molecule has 0 saturated carbocycles. The number of nitrogens with one attached hydrogen (secondary N) is 1. The lowest BCUT2D eigenvalue weighted by molar-refractivity contribution is -0.117. The van der Waals surface area contributed by atoms with E-state index in [2.05, 4.69) is 5.32 Å². The summed E-state index contributed by atoms with van der Waals surface area (Å²) in [6.45, 7) is 2.35. The van der Waals surface area contributed by atoms with Crippen LogP contribution in [0.15, 0.2) is 59.0 Å². The Hall–Kier alpha value is -3.26. The van der Waals surface area contributed by atoms with Gasteiger partial charge in [0, 0.05) is 18.0 Å². The molecule has 1 aliphatic heterocycles. The normalized spacial score (nSPS) is 16.6. The summed E-state index contributed by atoms with van der Waals surface area (Å²) < 4.78 is 36.7. The van der Waals surface area contributed by atoms with Gasteiger partial charge in [0.25, 0.3) is 0 Å². The lowest BCUT2D eigenvalue weighted by Crippen LogP contribution is -2.24. The molecule has 1 saturated heterocycles. The molecule has 1 fully saturated rings. The van der Waals surface area contributed by atoms with E-state index >= 15 is 0 Å². The Balaban J connectivity index is 1.40. The number of furan rings is 1. The van der Waals surface area contributed by atoms with E-state index in [4.69, 9.17) is 9.15 Å². The van der Waals surface area contributed by atoms with Crippen molar-refractivity contribution in [2.75, 3.05) is 23.7 Å². The van der Waals surface area contributed by atoms with Gasteiger partial charge in [0.05, 0.1) is 24.6 Å². The van der Waals surface area contributed by atoms with E-state index in [1.807, 2.05) is 31.2 Å². The van der Waals surface area contributed by atoms with Crippen LogP contribution in [0.4, 0.5) is 5.69 Å². The minimum Gasteiger partial charge on any atom is -0.493 e. The van der Waals surface area contributed by atoms with E-state index in [-0.39, 0.29) is 17.7 Å². The summed E-state index contributed by atoms with van der Waals surface area (Å²) in [6.07, 6.45) is 3.77. The first-order chi connectivity index (χ1) is 14.9. The standard InChI is InChI=1S/C23H24N2O5S/c1-16(21-15-18-5-3-6-20(29-2)23(18)30-21)24-22(26)12-9-17-7-10-19(11-8-17)25-13-4-14-31(25,27)28/h3,5-12,15-16H,4,13-14H2,1-2H3,(H,24,26)/b12-9+. The third-order valence-corrected chi connectivity index (χ3v) is 7.11. The van der Waals surface area contributed by atoms with Crippen LogP contribution < -0.4 is 14.4 Å². The average Bonchev–Trinajstić information content (AvgIpc) is 3.35. The molecule has 4 rings (SSSR count). The second-order valence-corrected chi connectivity index (χ2v) is 9.44. The number of carbonyl (C=O) groups excluding carboxylic acids is 1. The number of hydrogen-bond donors (Lipinski definition) is 1. The monoisotopic (exact) mass is 440 g/mol. The molecule has 31 heavy (non-hydrogen) atoms. The molecular weight excluding hydrogens is 416 g/mol. The van der Waals surface area contributed by atoms with Crippen LogP contribution in [0.25, 0.3) is 17.0 Å². The molecule has 3 aromatic rings. The summed E-state index contributed by atoms with van der Waals surface area (Å²) in [6, 6.07) is 14.3. The predicted octanol–water partition coefficient (Wildman–Crippen LogP) is 3.87. The number of methoxy groups -OCH3 is 1. The molecule has 0 bridgehead atoms. The van der Waals surface area contributed by atoms with Gasteiger partial charge in [-0.1, -0.05) is 24.3 Å². The van der Waals surface area contributed by atoms with Gasteiger partial charge >= 0.3 is 0 Å². The van der Waals surface area contributed by atoms with Gasteiger partial charge in [-0.25, -0.2) is 8.42 Å². The first-order valence-electron chi connectivity index (χ1n) is 10.0. The number of anilines is 1. The van der Waals surface area contributed by atoms with E-state index < -0.39 is 10.0 Å². The maximum atomic E-state index is 12.3. The molecule has 8 heteroatoms. The molecule has 1 N–H and O–H groups in total. The molecule has 7 nitrogen and oxygen atoms in total. The zero-order valence-corrected chi connectivity index (χ0v) is 18.2. The van der Waals surface area contributed by atoms with Crippen molar-refractivity contribution < 1.29 is 22.4 Å². The van der Waals surface area contributed by atoms with E-state index in [0.717, 1.165) is 10.9 Å². The quantitative estimate of drug-likeness (QED) is 0.588. The Kier molecular flexibility index (Phi) is 5.73. The molecule has 0 aliphatic carbocycles. The highest BCUT2D eigenvalue weighted by atomic mass is 32.2. The summed E-state index contributed by atoms with van der Waals surface area (Å²) in [7, 11) is -1.61. The molecule has 1 atom stereocenters. The van der Waals surface area contributed by atoms with Crippen LogP contribution in [0.1, 0.15) is 30.7 Å². The van der Waals surface area contributed by atoms with Crippen LogP contribution in [0.5, 0.6) is 5.75 Å². The molecule has 2 aromatic carbocycles. The number of rotatable bonds is 6. The average molecular weight is 441 g/mol. The number of carbonyl (C=O) groups is 1. The summed E-state index contributed by atoms with van der Waals surface area (Å²) in [4.78, 5) is 12.3. The van der Waals surface area contributed by atoms with Crippen LogP contribution in [0.3, 0.4) is 0 Å². The second-order valence-electron chi connectivity index (χ2n) is 7.42. The molecule has 1 amide bonds. The molecule has 0 spiro atoms. The molecule has 162 valence electrons. The maximum Gasteiger partial charge on any atom is 0.244 e. The van der Waals surface area contributed by atoms with Crippen molar-refractivity contribution in [1.29, 1.82) is 0 Å². The number of benzene rings is 2. The lowest BCUT2D eigenvalue weighted by Gasteiger charge is -2.16. The fourth-order valence-corrected chi connectivity index (χ4v) is 5.18. The Labute approximate surface area is 181 Å². The number of fused-ring (bicyclic) bond motifs is 1. The third-order valence-electron chi connectivity index (χ3n) is 5.24. The predicted molar refractivity (Wildman–Crippen MR) is 121 cm³/mol. The lowest BCUT2D eigenvalue weighted by atomic mass is 10.2. The van der Waals surface area contributed by atoms with Crippen LogP contribution in [0.2, 0.25) is 0 Å². The largest absolute Gasteiger partial charge is 0.493 e. The van der Waals surface area contributed by atoms with Crippen molar-refractivity contribution in [2.45, 2.75) is 19.4 Å². The summed E-state index contributed by atoms with van der Waals surface area (Å²) in [5.74, 6) is 1.21. The van der Waals surface area contributed by atoms with Crippen molar-refractivity contribution in [3.8, 4) is 5.75 Å². The van der Waals surface area contributed by atoms with Crippen LogP contribution >= 0.6 is 0 Å². The van der Waals surface area contributed by atoms with Gasteiger partial charge in [0.1, 0.15) is 5.76 Å². The highest BCUT2D eigenvalue weighted by Crippen LogP contribution is 2.31. The summed E-state index contributed by atoms with van der Waals surface area (Å²) in [5.41, 5.74) is 2.10. The van der Waals surface area contributed by atoms with Gasteiger partial charge in [-0.3, -0.25) is 9.10 Å². The van der Waals surface area contributed by atoms with Gasteiger partial charge in [0.2, 0.25) is 15.9 Å². The van der Waals surface area contributed by atoms with Crippen molar-refractivity contribution in [3.05, 3.63) is 65.9 Å². The minimum atomic E-state index is -3.20. The number of ether oxygens (including phenoxy) is 1. The summed E-state index contributed by atoms with van der Waals surface area (Å²) >= 11 is 0. The van der Waals surface area contributed by atoms with Gasteiger partial charge < -0.3 is 14.5 Å². The van der Waals surface area contributed by atoms with Gasteiger partial charge in [0.15, 0.2) is 11.3 Å². The topological polar surface area (TPSA) is 88.9 Å². The molecular formula is C23H24N2O5S. The number of nitrogens with zero attached hydrogens (tertiary/aromatic N) is 1. The molecule has 1 unspecified atom stereocenters. The fourth-order valence-electron chi connectivity index (χ4n) is 3.62. The highest BCUT2D eigenvalue weighted by molar-refractivity contribution is 7.93. The van der Waals surface area contributed by atoms with Crippen molar-refractivity contribution >= 4 is 38.7 Å². The van der Waals surface area contributed by atoms with Crippen molar-refractivity contribution in [2.24, 2.45) is 0 Å². The van der Waals surface area contributed by atoms with Crippen molar-refractivity contribution in [1.82, 2.24) is 5.32 Å². The Bertz CT molecular complexity index is 1230. The molecule has 1 aliphatic rings. The maximum absolute atomic E-state index is 12.3. The first kappa shape index (κ1) is 21.0. The summed E-state index contributed by atoms with van der Waals surface area (Å²) in [5, 5.41) is 3.79. The third kappa shape index (κ3) is 4.44. The van der Waals surface area contributed by atoms with E-state index in [0.29, 0.717) is 35.7 Å². The highest BCUT2D eigenvalue weighted by Gasteiger charge is 2.28. The molecule has 0 radical (unpaired) electrons. The molecule has 1 aromatic heterocycles. The Morgan fingerprint density at radius 2 is 2.00 bits per heavy atom. The number of amides is 1. The SMILES string of the molecule is COc1cccc2cc(C(C)NC(=O)/C=C/c3ccc(N4CCCS4(=O)=O)cc3)oc12. The first-order valence-corrected chi connectivity index (χ1v) is 11.6. The number of hydrogen-bond acceptors (Lipinski definition) is 5. The van der Waals surface area contributed by atoms with Crippen LogP contribution in [0, 0.1) is 0 Å². The Morgan fingerprint density at radius 3 is 2.68 bits per heavy atom. The minimum absolute atomic E-state index is 0.186. The number of sulfonamides is 1. The van der Waals surface area contributed by atoms with E-state index in [9.17, 15) is 13.2 Å². The second kappa shape index (κ2) is 8.47. The number of para-hydroxylation sites is 1. The Morgan fingerprint density at radius 1 is 1.23 bits per heavy atom. The van der Waals surface area contributed by atoms with E-state index in [1.165, 1.54) is 10.4 Å². The molecule has 2 heterocycles. The van der Waals surface area contributed by atoms with Gasteiger partial charge in [-0.15, -0.1) is 0 Å². The zero-order valence-electron chi connectivity index (χ0n) is 17.4. The van der Waals surface area contributed by atoms with E-state index in [1.54, 1.807) is 37.5 Å². The fraction of sp³-hybridized carbons (Fsp3) is 0.261. The van der Waals surface area contributed by atoms with Gasteiger partial charge in [-0.05, 0) is 49.2 Å². The van der Waals surface area contributed by atoms with Gasteiger partial charge in [-0.2, -0.15) is 0 Å². The smallest absolute Gasteiger partial charge is 0.244 e. The zero-order chi connectivity index (χ0) is 22.0. The van der Waals surface area contributed by atoms with Crippen molar-refractivity contribution in [3.63, 3.8) is 0 Å².